The van der Waals surface area contributed by atoms with Crippen LogP contribution < -0.4 is 5.32 Å². The number of aromatic nitrogens is 1. The summed E-state index contributed by atoms with van der Waals surface area (Å²) >= 11 is 0. The zero-order valence-corrected chi connectivity index (χ0v) is 13.1. The number of methoxy groups -OCH3 is 1. The van der Waals surface area contributed by atoms with E-state index < -0.39 is 0 Å². The number of nitrogens with zero attached hydrogens (tertiary/aromatic N) is 1. The minimum atomic E-state index is -0.0760. The second-order valence-corrected chi connectivity index (χ2v) is 5.95. The van der Waals surface area contributed by atoms with Crippen molar-refractivity contribution in [2.75, 3.05) is 27.2 Å². The maximum atomic E-state index is 12.3. The number of carbonyl (C=O) groups excluding carboxylic acids is 1. The van der Waals surface area contributed by atoms with Gasteiger partial charge < -0.3 is 15.0 Å². The summed E-state index contributed by atoms with van der Waals surface area (Å²) in [6.45, 7) is 1.47. The zero-order chi connectivity index (χ0) is 15.5. The summed E-state index contributed by atoms with van der Waals surface area (Å²) in [5.41, 5.74) is 2.38. The van der Waals surface area contributed by atoms with Crippen LogP contribution in [0.1, 0.15) is 12.0 Å². The first-order valence-corrected chi connectivity index (χ1v) is 7.74. The van der Waals surface area contributed by atoms with E-state index in [0.29, 0.717) is 6.54 Å². The average Bonchev–Trinajstić information content (AvgIpc) is 3.11. The number of para-hydroxylation sites is 1. The lowest BCUT2D eigenvalue weighted by Gasteiger charge is -2.18. The molecule has 1 amide bonds. The van der Waals surface area contributed by atoms with Crippen LogP contribution >= 0.6 is 0 Å². The first-order chi connectivity index (χ1) is 10.7. The number of hydrogen-bond donors (Lipinski definition) is 2. The highest BCUT2D eigenvalue weighted by molar-refractivity contribution is 5.84. The van der Waals surface area contributed by atoms with Crippen LogP contribution in [0.5, 0.6) is 0 Å². The van der Waals surface area contributed by atoms with E-state index in [1.165, 1.54) is 10.9 Å². The number of benzene rings is 1. The van der Waals surface area contributed by atoms with Crippen molar-refractivity contribution >= 4 is 16.8 Å². The largest absolute Gasteiger partial charge is 0.380 e. The van der Waals surface area contributed by atoms with Crippen molar-refractivity contribution in [3.8, 4) is 0 Å². The Hall–Kier alpha value is -1.85. The Balaban J connectivity index is 1.54. The van der Waals surface area contributed by atoms with E-state index in [-0.39, 0.29) is 18.1 Å². The second kappa shape index (κ2) is 6.50. The quantitative estimate of drug-likeness (QED) is 0.881. The molecule has 0 radical (unpaired) electrons. The fraction of sp³-hybridized carbons (Fsp3) is 0.471. The highest BCUT2D eigenvalue weighted by Gasteiger charge is 2.34. The molecule has 118 valence electrons. The molecule has 1 fully saturated rings. The average molecular weight is 301 g/mol. The van der Waals surface area contributed by atoms with Crippen LogP contribution in [0.15, 0.2) is 30.5 Å². The van der Waals surface area contributed by atoms with Gasteiger partial charge in [0.15, 0.2) is 0 Å². The highest BCUT2D eigenvalue weighted by atomic mass is 16.5. The van der Waals surface area contributed by atoms with Crippen molar-refractivity contribution in [1.82, 2.24) is 15.2 Å². The molecule has 1 saturated heterocycles. The topological polar surface area (TPSA) is 57.4 Å². The number of carbonyl (C=O) groups is 1. The van der Waals surface area contributed by atoms with Crippen LogP contribution in [-0.2, 0) is 16.0 Å². The Morgan fingerprint density at radius 1 is 1.45 bits per heavy atom. The van der Waals surface area contributed by atoms with Crippen molar-refractivity contribution in [2.45, 2.75) is 25.0 Å². The van der Waals surface area contributed by atoms with Gasteiger partial charge in [0, 0.05) is 37.3 Å². The summed E-state index contributed by atoms with van der Waals surface area (Å²) in [7, 11) is 3.68. The highest BCUT2D eigenvalue weighted by Crippen LogP contribution is 2.19. The number of likely N-dealkylation sites (tertiary alicyclic amines) is 1. The molecule has 1 aromatic carbocycles. The first kappa shape index (κ1) is 15.1. The van der Waals surface area contributed by atoms with Crippen LogP contribution in [0.25, 0.3) is 10.9 Å². The molecule has 2 aromatic rings. The predicted molar refractivity (Wildman–Crippen MR) is 86.8 cm³/mol. The van der Waals surface area contributed by atoms with Crippen LogP contribution in [-0.4, -0.2) is 55.2 Å². The maximum Gasteiger partial charge on any atom is 0.237 e. The van der Waals surface area contributed by atoms with Crippen molar-refractivity contribution in [1.29, 1.82) is 0 Å². The molecule has 22 heavy (non-hydrogen) atoms. The van der Waals surface area contributed by atoms with E-state index in [1.807, 2.05) is 25.4 Å². The third-order valence-corrected chi connectivity index (χ3v) is 4.51. The first-order valence-electron chi connectivity index (χ1n) is 7.74. The lowest BCUT2D eigenvalue weighted by atomic mass is 10.1. The van der Waals surface area contributed by atoms with E-state index in [1.54, 1.807) is 7.11 Å². The van der Waals surface area contributed by atoms with Gasteiger partial charge in [0.05, 0.1) is 12.1 Å². The predicted octanol–water partition coefficient (Wildman–Crippen LogP) is 1.55. The molecule has 0 unspecified atom stereocenters. The van der Waals surface area contributed by atoms with Crippen LogP contribution in [0.3, 0.4) is 0 Å². The van der Waals surface area contributed by atoms with Gasteiger partial charge >= 0.3 is 0 Å². The third kappa shape index (κ3) is 3.00. The standard InChI is InChI=1S/C17H23N3O2/c1-20-11-13(22-2)9-16(20)17(21)18-8-7-12-10-19-15-6-4-3-5-14(12)15/h3-6,10,13,16,19H,7-9,11H2,1-2H3,(H,18,21)/t13-,16-/m0/s1. The fourth-order valence-electron chi connectivity index (χ4n) is 3.21. The van der Waals surface area contributed by atoms with Crippen molar-refractivity contribution < 1.29 is 9.53 Å². The minimum absolute atomic E-state index is 0.0760. The summed E-state index contributed by atoms with van der Waals surface area (Å²) < 4.78 is 5.35. The van der Waals surface area contributed by atoms with E-state index in [2.05, 4.69) is 27.3 Å². The molecule has 0 spiro atoms. The number of H-pyrrole nitrogens is 1. The van der Waals surface area contributed by atoms with Gasteiger partial charge in [-0.15, -0.1) is 0 Å². The Morgan fingerprint density at radius 2 is 2.27 bits per heavy atom. The lowest BCUT2D eigenvalue weighted by molar-refractivity contribution is -0.125. The normalized spacial score (nSPS) is 22.3. The van der Waals surface area contributed by atoms with Crippen LogP contribution in [0, 0.1) is 0 Å². The summed E-state index contributed by atoms with van der Waals surface area (Å²) in [6.07, 6.45) is 3.79. The van der Waals surface area contributed by atoms with E-state index in [4.69, 9.17) is 4.74 Å². The lowest BCUT2D eigenvalue weighted by Crippen LogP contribution is -2.42. The second-order valence-electron chi connectivity index (χ2n) is 5.95. The molecule has 0 aliphatic carbocycles. The van der Waals surface area contributed by atoms with Gasteiger partial charge in [-0.25, -0.2) is 0 Å². The van der Waals surface area contributed by atoms with Crippen molar-refractivity contribution in [3.63, 3.8) is 0 Å². The molecule has 5 heteroatoms. The molecule has 1 aliphatic heterocycles. The third-order valence-electron chi connectivity index (χ3n) is 4.51. The van der Waals surface area contributed by atoms with Gasteiger partial charge in [-0.05, 0) is 31.5 Å². The van der Waals surface area contributed by atoms with Gasteiger partial charge in [-0.1, -0.05) is 18.2 Å². The number of ether oxygens (including phenoxy) is 1. The van der Waals surface area contributed by atoms with Gasteiger partial charge in [-0.3, -0.25) is 9.69 Å². The number of amides is 1. The molecule has 1 aromatic heterocycles. The molecule has 2 heterocycles. The van der Waals surface area contributed by atoms with Crippen LogP contribution in [0.2, 0.25) is 0 Å². The molecule has 5 nitrogen and oxygen atoms in total. The minimum Gasteiger partial charge on any atom is -0.380 e. The van der Waals surface area contributed by atoms with E-state index >= 15 is 0 Å². The monoisotopic (exact) mass is 301 g/mol. The zero-order valence-electron chi connectivity index (χ0n) is 13.1. The van der Waals surface area contributed by atoms with Gasteiger partial charge in [0.1, 0.15) is 0 Å². The van der Waals surface area contributed by atoms with Gasteiger partial charge in [-0.2, -0.15) is 0 Å². The summed E-state index contributed by atoms with van der Waals surface area (Å²) in [5.74, 6) is 0.0990. The summed E-state index contributed by atoms with van der Waals surface area (Å²) in [6, 6.07) is 8.16. The molecular weight excluding hydrogens is 278 g/mol. The van der Waals surface area contributed by atoms with E-state index in [0.717, 1.165) is 24.9 Å². The molecule has 2 atom stereocenters. The molecule has 1 aliphatic rings. The van der Waals surface area contributed by atoms with Crippen molar-refractivity contribution in [3.05, 3.63) is 36.0 Å². The Kier molecular flexibility index (Phi) is 4.45. The summed E-state index contributed by atoms with van der Waals surface area (Å²) in [4.78, 5) is 17.6. The van der Waals surface area contributed by atoms with Gasteiger partial charge in [0.25, 0.3) is 0 Å². The number of fused-ring (bicyclic) bond motifs is 1. The summed E-state index contributed by atoms with van der Waals surface area (Å²) in [5, 5.41) is 4.28. The number of rotatable bonds is 5. The SMILES string of the molecule is CO[C@H]1C[C@@H](C(=O)NCCc2c[nH]c3ccccc23)N(C)C1. The number of likely N-dealkylation sites (N-methyl/N-ethyl adjacent to an activating group) is 1. The number of aromatic amines is 1. The number of hydrogen-bond acceptors (Lipinski definition) is 3. The smallest absolute Gasteiger partial charge is 0.237 e. The molecule has 2 N–H and O–H groups in total. The maximum absolute atomic E-state index is 12.3. The molecule has 3 rings (SSSR count). The van der Waals surface area contributed by atoms with Crippen molar-refractivity contribution in [2.24, 2.45) is 0 Å². The Labute approximate surface area is 130 Å². The fourth-order valence-corrected chi connectivity index (χ4v) is 3.21. The molecular formula is C17H23N3O2. The van der Waals surface area contributed by atoms with Gasteiger partial charge in [0.2, 0.25) is 5.91 Å². The van der Waals surface area contributed by atoms with Crippen LogP contribution in [0.4, 0.5) is 0 Å². The number of nitrogens with one attached hydrogen (secondary N) is 2. The molecule has 0 bridgehead atoms. The Morgan fingerprint density at radius 3 is 3.05 bits per heavy atom. The van der Waals surface area contributed by atoms with E-state index in [9.17, 15) is 4.79 Å². The Bertz CT molecular complexity index is 652. The molecule has 0 saturated carbocycles.